The number of benzene rings is 1. The number of hydrogen-bond acceptors (Lipinski definition) is 5. The SMILES string of the molecule is CCN(CCCO)C(=O)c1c(OC)cccc1[N+](=O)[O-]. The van der Waals surface area contributed by atoms with Crippen molar-refractivity contribution in [1.29, 1.82) is 0 Å². The van der Waals surface area contributed by atoms with E-state index in [4.69, 9.17) is 9.84 Å². The number of hydrogen-bond donors (Lipinski definition) is 1. The topological polar surface area (TPSA) is 92.9 Å². The average molecular weight is 282 g/mol. The number of nitro benzene ring substituents is 1. The molecule has 0 aliphatic rings. The summed E-state index contributed by atoms with van der Waals surface area (Å²) in [6, 6.07) is 4.26. The number of aliphatic hydroxyl groups excluding tert-OH is 1. The van der Waals surface area contributed by atoms with E-state index in [1.807, 2.05) is 0 Å². The molecule has 7 heteroatoms. The molecule has 0 radical (unpaired) electrons. The minimum atomic E-state index is -0.602. The van der Waals surface area contributed by atoms with Gasteiger partial charge < -0.3 is 14.7 Å². The first-order valence-corrected chi connectivity index (χ1v) is 6.28. The van der Waals surface area contributed by atoms with Crippen molar-refractivity contribution in [3.05, 3.63) is 33.9 Å². The van der Waals surface area contributed by atoms with Gasteiger partial charge >= 0.3 is 0 Å². The average Bonchev–Trinajstić information content (AvgIpc) is 2.46. The Balaban J connectivity index is 3.21. The predicted octanol–water partition coefficient (Wildman–Crippen LogP) is 1.45. The van der Waals surface area contributed by atoms with Crippen LogP contribution in [0.3, 0.4) is 0 Å². The van der Waals surface area contributed by atoms with E-state index in [1.54, 1.807) is 6.92 Å². The number of nitro groups is 1. The fourth-order valence-corrected chi connectivity index (χ4v) is 1.88. The lowest BCUT2D eigenvalue weighted by Crippen LogP contribution is -2.33. The lowest BCUT2D eigenvalue weighted by atomic mass is 10.1. The molecule has 0 aliphatic heterocycles. The molecule has 0 saturated carbocycles. The highest BCUT2D eigenvalue weighted by atomic mass is 16.6. The molecular weight excluding hydrogens is 264 g/mol. The zero-order valence-electron chi connectivity index (χ0n) is 11.5. The van der Waals surface area contributed by atoms with Gasteiger partial charge in [0.15, 0.2) is 5.56 Å². The first-order chi connectivity index (χ1) is 9.56. The van der Waals surface area contributed by atoms with Crippen molar-refractivity contribution >= 4 is 11.6 Å². The van der Waals surface area contributed by atoms with Gasteiger partial charge in [0.2, 0.25) is 0 Å². The Kier molecular flexibility index (Phi) is 5.92. The van der Waals surface area contributed by atoms with Crippen LogP contribution in [0.4, 0.5) is 5.69 Å². The van der Waals surface area contributed by atoms with Crippen LogP contribution >= 0.6 is 0 Å². The summed E-state index contributed by atoms with van der Waals surface area (Å²) in [7, 11) is 1.36. The highest BCUT2D eigenvalue weighted by Crippen LogP contribution is 2.29. The van der Waals surface area contributed by atoms with Gasteiger partial charge in [-0.05, 0) is 19.4 Å². The number of methoxy groups -OCH3 is 1. The molecule has 0 aromatic heterocycles. The minimum absolute atomic E-state index is 0.0439. The predicted molar refractivity (Wildman–Crippen MR) is 72.9 cm³/mol. The van der Waals surface area contributed by atoms with E-state index in [-0.39, 0.29) is 23.6 Å². The van der Waals surface area contributed by atoms with Crippen LogP contribution in [-0.2, 0) is 0 Å². The molecule has 0 saturated heterocycles. The van der Waals surface area contributed by atoms with Crippen molar-refractivity contribution in [3.63, 3.8) is 0 Å². The van der Waals surface area contributed by atoms with Crippen molar-refractivity contribution in [2.45, 2.75) is 13.3 Å². The van der Waals surface area contributed by atoms with E-state index < -0.39 is 10.8 Å². The van der Waals surface area contributed by atoms with E-state index in [9.17, 15) is 14.9 Å². The monoisotopic (exact) mass is 282 g/mol. The van der Waals surface area contributed by atoms with Gasteiger partial charge in [-0.25, -0.2) is 0 Å². The molecule has 0 spiro atoms. The van der Waals surface area contributed by atoms with Gasteiger partial charge in [0, 0.05) is 25.8 Å². The molecule has 0 heterocycles. The first-order valence-electron chi connectivity index (χ1n) is 6.28. The van der Waals surface area contributed by atoms with E-state index >= 15 is 0 Å². The third kappa shape index (κ3) is 3.45. The molecule has 110 valence electrons. The molecule has 1 N–H and O–H groups in total. The Bertz CT molecular complexity index is 490. The normalized spacial score (nSPS) is 10.2. The molecule has 0 aliphatic carbocycles. The first kappa shape index (κ1) is 15.9. The number of amides is 1. The van der Waals surface area contributed by atoms with E-state index in [0.29, 0.717) is 19.5 Å². The molecular formula is C13H18N2O5. The van der Waals surface area contributed by atoms with Crippen LogP contribution in [0.1, 0.15) is 23.7 Å². The Morgan fingerprint density at radius 1 is 1.50 bits per heavy atom. The standard InChI is InChI=1S/C13H18N2O5/c1-3-14(8-5-9-16)13(17)12-10(15(18)19)6-4-7-11(12)20-2/h4,6-7,16H,3,5,8-9H2,1-2H3. The van der Waals surface area contributed by atoms with Crippen LogP contribution in [0.2, 0.25) is 0 Å². The van der Waals surface area contributed by atoms with E-state index in [0.717, 1.165) is 0 Å². The highest BCUT2D eigenvalue weighted by molar-refractivity contribution is 6.00. The van der Waals surface area contributed by atoms with Crippen LogP contribution in [0.5, 0.6) is 5.75 Å². The summed E-state index contributed by atoms with van der Waals surface area (Å²) < 4.78 is 5.06. The molecule has 7 nitrogen and oxygen atoms in total. The van der Waals surface area contributed by atoms with Crippen LogP contribution in [0, 0.1) is 10.1 Å². The van der Waals surface area contributed by atoms with Crippen LogP contribution in [-0.4, -0.2) is 47.6 Å². The van der Waals surface area contributed by atoms with Crippen molar-refractivity contribution in [2.75, 3.05) is 26.8 Å². The Morgan fingerprint density at radius 3 is 2.70 bits per heavy atom. The summed E-state index contributed by atoms with van der Waals surface area (Å²) >= 11 is 0. The van der Waals surface area contributed by atoms with Crippen molar-refractivity contribution < 1.29 is 19.6 Å². The lowest BCUT2D eigenvalue weighted by Gasteiger charge is -2.21. The van der Waals surface area contributed by atoms with Gasteiger partial charge in [-0.2, -0.15) is 0 Å². The number of carbonyl (C=O) groups excluding carboxylic acids is 1. The van der Waals surface area contributed by atoms with Gasteiger partial charge in [0.1, 0.15) is 5.75 Å². The fraction of sp³-hybridized carbons (Fsp3) is 0.462. The Morgan fingerprint density at radius 2 is 2.20 bits per heavy atom. The van der Waals surface area contributed by atoms with Gasteiger partial charge in [0.05, 0.1) is 12.0 Å². The Hall–Kier alpha value is -2.15. The zero-order valence-corrected chi connectivity index (χ0v) is 11.5. The number of nitrogens with zero attached hydrogens (tertiary/aromatic N) is 2. The van der Waals surface area contributed by atoms with Crippen molar-refractivity contribution in [3.8, 4) is 5.75 Å². The molecule has 1 aromatic carbocycles. The molecule has 1 rings (SSSR count). The lowest BCUT2D eigenvalue weighted by molar-refractivity contribution is -0.385. The summed E-state index contributed by atoms with van der Waals surface area (Å²) in [6.07, 6.45) is 0.419. The molecule has 1 amide bonds. The van der Waals surface area contributed by atoms with Gasteiger partial charge in [-0.15, -0.1) is 0 Å². The highest BCUT2D eigenvalue weighted by Gasteiger charge is 2.27. The second kappa shape index (κ2) is 7.44. The minimum Gasteiger partial charge on any atom is -0.496 e. The number of aliphatic hydroxyl groups is 1. The molecule has 0 bridgehead atoms. The summed E-state index contributed by atoms with van der Waals surface area (Å²) in [5, 5.41) is 19.9. The van der Waals surface area contributed by atoms with Crippen LogP contribution in [0.25, 0.3) is 0 Å². The van der Waals surface area contributed by atoms with Gasteiger partial charge in [-0.3, -0.25) is 14.9 Å². The third-order valence-corrected chi connectivity index (χ3v) is 2.89. The maximum atomic E-state index is 12.4. The zero-order chi connectivity index (χ0) is 15.1. The maximum absolute atomic E-state index is 12.4. The Labute approximate surface area is 116 Å². The van der Waals surface area contributed by atoms with Gasteiger partial charge in [-0.1, -0.05) is 6.07 Å². The van der Waals surface area contributed by atoms with E-state index in [1.165, 1.54) is 30.2 Å². The number of ether oxygens (including phenoxy) is 1. The van der Waals surface area contributed by atoms with Crippen molar-refractivity contribution in [1.82, 2.24) is 4.90 Å². The second-order valence-corrected chi connectivity index (χ2v) is 4.07. The molecule has 1 aromatic rings. The summed E-state index contributed by atoms with van der Waals surface area (Å²) in [6.45, 7) is 2.46. The molecule has 0 fully saturated rings. The largest absolute Gasteiger partial charge is 0.496 e. The maximum Gasteiger partial charge on any atom is 0.285 e. The van der Waals surface area contributed by atoms with Gasteiger partial charge in [0.25, 0.3) is 11.6 Å². The summed E-state index contributed by atoms with van der Waals surface area (Å²) in [5.41, 5.74) is -0.336. The van der Waals surface area contributed by atoms with Crippen LogP contribution < -0.4 is 4.74 Å². The quantitative estimate of drug-likeness (QED) is 0.603. The third-order valence-electron chi connectivity index (χ3n) is 2.89. The fourth-order valence-electron chi connectivity index (χ4n) is 1.88. The second-order valence-electron chi connectivity index (χ2n) is 4.07. The summed E-state index contributed by atoms with van der Waals surface area (Å²) in [4.78, 5) is 24.3. The summed E-state index contributed by atoms with van der Waals surface area (Å²) in [5.74, 6) is -0.295. The van der Waals surface area contributed by atoms with Crippen LogP contribution in [0.15, 0.2) is 18.2 Å². The van der Waals surface area contributed by atoms with Crippen molar-refractivity contribution in [2.24, 2.45) is 0 Å². The smallest absolute Gasteiger partial charge is 0.285 e. The molecule has 0 atom stereocenters. The number of carbonyl (C=O) groups is 1. The molecule has 20 heavy (non-hydrogen) atoms. The van der Waals surface area contributed by atoms with E-state index in [2.05, 4.69) is 0 Å². The number of rotatable bonds is 7. The molecule has 0 unspecified atom stereocenters.